The van der Waals surface area contributed by atoms with Crippen molar-refractivity contribution in [1.82, 2.24) is 4.98 Å². The first-order valence-corrected chi connectivity index (χ1v) is 17.8. The summed E-state index contributed by atoms with van der Waals surface area (Å²) in [5, 5.41) is 14.6. The average Bonchev–Trinajstić information content (AvgIpc) is 3.31. The van der Waals surface area contributed by atoms with Crippen molar-refractivity contribution >= 4 is 23.3 Å². The molecule has 3 aromatic rings. The zero-order valence-corrected chi connectivity index (χ0v) is 28.7. The Morgan fingerprint density at radius 3 is 2.55 bits per heavy atom. The Morgan fingerprint density at radius 2 is 1.83 bits per heavy atom. The van der Waals surface area contributed by atoms with E-state index < -0.39 is 11.5 Å². The van der Waals surface area contributed by atoms with Gasteiger partial charge in [0.05, 0.1) is 6.61 Å². The molecule has 47 heavy (non-hydrogen) atoms. The first-order chi connectivity index (χ1) is 22.6. The van der Waals surface area contributed by atoms with Gasteiger partial charge in [-0.2, -0.15) is 0 Å². The van der Waals surface area contributed by atoms with Gasteiger partial charge in [-0.05, 0) is 142 Å². The van der Waals surface area contributed by atoms with E-state index in [2.05, 4.69) is 36.3 Å². The highest BCUT2D eigenvalue weighted by Crippen LogP contribution is 2.58. The van der Waals surface area contributed by atoms with Crippen LogP contribution in [0.2, 0.25) is 5.02 Å². The number of rotatable bonds is 8. The first kappa shape index (κ1) is 32.1. The minimum atomic E-state index is -1.06. The number of aromatic nitrogens is 1. The van der Waals surface area contributed by atoms with Gasteiger partial charge in [-0.3, -0.25) is 4.98 Å². The van der Waals surface area contributed by atoms with E-state index in [1.165, 1.54) is 35.2 Å². The Balaban J connectivity index is 1.16. The number of carboxylic acids is 1. The number of aryl methyl sites for hydroxylation is 1. The van der Waals surface area contributed by atoms with Crippen molar-refractivity contribution in [2.45, 2.75) is 115 Å². The lowest BCUT2D eigenvalue weighted by molar-refractivity contribution is -0.144. The fourth-order valence-electron chi connectivity index (χ4n) is 8.89. The Hall–Kier alpha value is -3.45. The van der Waals surface area contributed by atoms with E-state index in [0.29, 0.717) is 42.2 Å². The fraction of sp³-hybridized carbons (Fsp3) is 0.538. The predicted molar refractivity (Wildman–Crippen MR) is 184 cm³/mol. The van der Waals surface area contributed by atoms with Crippen LogP contribution in [0.4, 0.5) is 5.69 Å². The van der Waals surface area contributed by atoms with Crippen LogP contribution < -0.4 is 19.5 Å². The standard InChI is InChI=1S/C39H47ClN2O5/c1-23(22-45-33-11-16-41-32-10-5-7-24(2)36(32)33)17-28-18-27-19-34-35(47-26(4)25(3)46-34)21-31(27)38(28)12-14-39(15-13-38,37(43)44)42-30-9-6-8-29(40)20-30/h6,8-9,11,16,19-21,23-26,28,42H,5,7,10,12-15,17-18,22H2,1-4H3,(H,43,44)/t23-,24-,25?,26?,28?,38?,39?/m1/s1. The molecule has 3 unspecified atom stereocenters. The number of pyridine rings is 1. The van der Waals surface area contributed by atoms with Crippen molar-refractivity contribution in [1.29, 1.82) is 0 Å². The molecule has 0 radical (unpaired) electrons. The number of fused-ring (bicyclic) bond motifs is 4. The summed E-state index contributed by atoms with van der Waals surface area (Å²) in [6.07, 6.45) is 9.68. The van der Waals surface area contributed by atoms with Gasteiger partial charge < -0.3 is 24.6 Å². The van der Waals surface area contributed by atoms with Crippen molar-refractivity contribution in [2.24, 2.45) is 11.8 Å². The van der Waals surface area contributed by atoms with Crippen LogP contribution in [0.5, 0.6) is 17.2 Å². The van der Waals surface area contributed by atoms with E-state index in [4.69, 9.17) is 25.8 Å². The van der Waals surface area contributed by atoms with Gasteiger partial charge in [0.1, 0.15) is 23.5 Å². The fourth-order valence-corrected chi connectivity index (χ4v) is 9.08. The number of nitrogens with zero attached hydrogens (tertiary/aromatic N) is 1. The third-order valence-corrected chi connectivity index (χ3v) is 11.9. The van der Waals surface area contributed by atoms with E-state index >= 15 is 0 Å². The maximum atomic E-state index is 12.9. The van der Waals surface area contributed by atoms with Crippen LogP contribution in [0, 0.1) is 11.8 Å². The van der Waals surface area contributed by atoms with Crippen molar-refractivity contribution in [3.05, 3.63) is 76.1 Å². The Bertz CT molecular complexity index is 1650. The number of halogens is 1. The molecule has 1 spiro atoms. The zero-order valence-electron chi connectivity index (χ0n) is 28.0. The van der Waals surface area contributed by atoms with Gasteiger partial charge in [0.2, 0.25) is 0 Å². The molecule has 1 aliphatic heterocycles. The van der Waals surface area contributed by atoms with E-state index in [-0.39, 0.29) is 17.6 Å². The molecule has 0 amide bonds. The smallest absolute Gasteiger partial charge is 0.329 e. The maximum Gasteiger partial charge on any atom is 0.329 e. The highest BCUT2D eigenvalue weighted by atomic mass is 35.5. The molecule has 250 valence electrons. The third-order valence-electron chi connectivity index (χ3n) is 11.6. The molecule has 4 aliphatic rings. The van der Waals surface area contributed by atoms with Crippen LogP contribution in [-0.4, -0.2) is 40.4 Å². The van der Waals surface area contributed by atoms with Crippen LogP contribution in [0.25, 0.3) is 0 Å². The average molecular weight is 659 g/mol. The molecule has 8 heteroatoms. The Labute approximate surface area is 283 Å². The van der Waals surface area contributed by atoms with Crippen molar-refractivity contribution < 1.29 is 24.1 Å². The van der Waals surface area contributed by atoms with E-state index in [0.717, 1.165) is 55.0 Å². The topological polar surface area (TPSA) is 89.9 Å². The van der Waals surface area contributed by atoms with Crippen LogP contribution in [0.1, 0.15) is 101 Å². The van der Waals surface area contributed by atoms with Gasteiger partial charge in [0, 0.05) is 28.2 Å². The van der Waals surface area contributed by atoms with Gasteiger partial charge in [0.15, 0.2) is 11.5 Å². The molecule has 0 saturated heterocycles. The highest BCUT2D eigenvalue weighted by Gasteiger charge is 2.54. The minimum absolute atomic E-state index is 0.0195. The van der Waals surface area contributed by atoms with E-state index in [9.17, 15) is 9.90 Å². The van der Waals surface area contributed by atoms with Crippen molar-refractivity contribution in [3.8, 4) is 17.2 Å². The normalized spacial score (nSPS) is 29.9. The summed E-state index contributed by atoms with van der Waals surface area (Å²) in [4.78, 5) is 17.6. The lowest BCUT2D eigenvalue weighted by Crippen LogP contribution is -2.53. The maximum absolute atomic E-state index is 12.9. The van der Waals surface area contributed by atoms with Gasteiger partial charge in [-0.15, -0.1) is 0 Å². The van der Waals surface area contributed by atoms with Gasteiger partial charge in [-0.25, -0.2) is 4.79 Å². The molecule has 7 nitrogen and oxygen atoms in total. The number of aliphatic carboxylic acids is 1. The molecule has 3 aliphatic carbocycles. The summed E-state index contributed by atoms with van der Waals surface area (Å²) in [5.74, 6) is 2.91. The van der Waals surface area contributed by atoms with Gasteiger partial charge in [-0.1, -0.05) is 31.5 Å². The molecule has 1 saturated carbocycles. The summed E-state index contributed by atoms with van der Waals surface area (Å²) in [5.41, 5.74) is 4.59. The zero-order chi connectivity index (χ0) is 32.9. The number of anilines is 1. The Morgan fingerprint density at radius 1 is 1.09 bits per heavy atom. The highest BCUT2D eigenvalue weighted by molar-refractivity contribution is 6.30. The predicted octanol–water partition coefficient (Wildman–Crippen LogP) is 8.75. The summed E-state index contributed by atoms with van der Waals surface area (Å²) in [6.45, 7) is 9.31. The molecular weight excluding hydrogens is 612 g/mol. The van der Waals surface area contributed by atoms with Crippen LogP contribution in [-0.2, 0) is 23.1 Å². The number of nitrogens with one attached hydrogen (secondary N) is 1. The largest absolute Gasteiger partial charge is 0.493 e. The van der Waals surface area contributed by atoms with Crippen molar-refractivity contribution in [2.75, 3.05) is 11.9 Å². The third kappa shape index (κ3) is 5.94. The Kier molecular flexibility index (Phi) is 8.57. The molecule has 1 fully saturated rings. The summed E-state index contributed by atoms with van der Waals surface area (Å²) >= 11 is 6.27. The van der Waals surface area contributed by atoms with Crippen molar-refractivity contribution in [3.63, 3.8) is 0 Å². The second-order valence-corrected chi connectivity index (χ2v) is 15.2. The molecule has 7 rings (SSSR count). The number of hydrogen-bond acceptors (Lipinski definition) is 6. The number of hydrogen-bond donors (Lipinski definition) is 2. The van der Waals surface area contributed by atoms with E-state index in [1.807, 2.05) is 38.2 Å². The quantitative estimate of drug-likeness (QED) is 0.250. The number of benzene rings is 2. The molecule has 2 aromatic carbocycles. The van der Waals surface area contributed by atoms with Gasteiger partial charge in [0.25, 0.3) is 0 Å². The summed E-state index contributed by atoms with van der Waals surface area (Å²) < 4.78 is 19.2. The second-order valence-electron chi connectivity index (χ2n) is 14.8. The SMILES string of the molecule is CC1Oc2cc3c(cc2OC1C)C1(CCC(Nc2cccc(Cl)c2)(C(=O)O)CC1)C(C[C@@H](C)COc1ccnc2c1[C@H](C)CCC2)C3. The molecule has 1 aromatic heterocycles. The minimum Gasteiger partial charge on any atom is -0.493 e. The van der Waals surface area contributed by atoms with E-state index in [1.54, 1.807) is 12.1 Å². The number of ether oxygens (including phenoxy) is 3. The molecule has 5 atom stereocenters. The molecule has 0 bridgehead atoms. The molecule has 2 N–H and O–H groups in total. The summed E-state index contributed by atoms with van der Waals surface area (Å²) in [7, 11) is 0. The monoisotopic (exact) mass is 658 g/mol. The molecule has 2 heterocycles. The number of carbonyl (C=O) groups is 1. The second kappa shape index (κ2) is 12.5. The van der Waals surface area contributed by atoms with Gasteiger partial charge >= 0.3 is 5.97 Å². The summed E-state index contributed by atoms with van der Waals surface area (Å²) in [6, 6.07) is 13.8. The van der Waals surface area contributed by atoms with Crippen LogP contribution in [0.3, 0.4) is 0 Å². The lowest BCUT2D eigenvalue weighted by atomic mass is 9.59. The molecular formula is C39H47ClN2O5. The lowest BCUT2D eigenvalue weighted by Gasteiger charge is -2.47. The number of carboxylic acid groups (broad SMARTS) is 1. The first-order valence-electron chi connectivity index (χ1n) is 17.5. The van der Waals surface area contributed by atoms with Crippen LogP contribution >= 0.6 is 11.6 Å². The van der Waals surface area contributed by atoms with Crippen LogP contribution in [0.15, 0.2) is 48.7 Å².